The summed E-state index contributed by atoms with van der Waals surface area (Å²) in [6.07, 6.45) is 1.13. The van der Waals surface area contributed by atoms with Crippen LogP contribution in [-0.4, -0.2) is 28.0 Å². The van der Waals surface area contributed by atoms with Crippen molar-refractivity contribution in [3.63, 3.8) is 0 Å². The molecule has 16 heavy (non-hydrogen) atoms. The van der Waals surface area contributed by atoms with Gasteiger partial charge < -0.3 is 14.9 Å². The molecule has 0 aromatic carbocycles. The normalized spacial score (nSPS) is 10.8. The molecule has 0 aliphatic carbocycles. The third kappa shape index (κ3) is 4.02. The molecule has 2 N–H and O–H groups in total. The fourth-order valence-electron chi connectivity index (χ4n) is 1.36. The van der Waals surface area contributed by atoms with Crippen LogP contribution in [0.3, 0.4) is 0 Å². The zero-order valence-electron chi connectivity index (χ0n) is 9.91. The summed E-state index contributed by atoms with van der Waals surface area (Å²) in [6, 6.07) is 0. The molecule has 0 radical (unpaired) electrons. The second-order valence-corrected chi connectivity index (χ2v) is 4.88. The van der Waals surface area contributed by atoms with Gasteiger partial charge in [0.1, 0.15) is 0 Å². The SMILES string of the molecule is CCN(CCC(C)C)c1nc(=S)[nH]c(=S)[nH]1. The molecule has 1 aromatic rings. The predicted octanol–water partition coefficient (Wildman–Crippen LogP) is 3.07. The maximum atomic E-state index is 5.05. The van der Waals surface area contributed by atoms with Crippen LogP contribution in [0.2, 0.25) is 0 Å². The monoisotopic (exact) mass is 258 g/mol. The molecule has 0 amide bonds. The van der Waals surface area contributed by atoms with Crippen LogP contribution in [0, 0.1) is 15.5 Å². The Bertz CT molecular complexity index is 407. The largest absolute Gasteiger partial charge is 0.343 e. The summed E-state index contributed by atoms with van der Waals surface area (Å²) in [4.78, 5) is 12.2. The number of hydrogen-bond donors (Lipinski definition) is 2. The topological polar surface area (TPSA) is 47.7 Å². The molecule has 0 saturated heterocycles. The molecule has 1 rings (SSSR count). The first-order valence-electron chi connectivity index (χ1n) is 5.48. The van der Waals surface area contributed by atoms with E-state index in [2.05, 4.69) is 40.6 Å². The minimum Gasteiger partial charge on any atom is -0.343 e. The van der Waals surface area contributed by atoms with E-state index in [1.807, 2.05) is 0 Å². The predicted molar refractivity (Wildman–Crippen MR) is 71.9 cm³/mol. The van der Waals surface area contributed by atoms with Gasteiger partial charge in [-0.25, -0.2) is 0 Å². The van der Waals surface area contributed by atoms with E-state index in [0.717, 1.165) is 25.5 Å². The molecule has 0 bridgehead atoms. The molecule has 90 valence electrons. The Hall–Kier alpha value is -0.750. The highest BCUT2D eigenvalue weighted by Gasteiger charge is 2.07. The van der Waals surface area contributed by atoms with E-state index in [4.69, 9.17) is 24.4 Å². The van der Waals surface area contributed by atoms with Crippen LogP contribution in [0.15, 0.2) is 0 Å². The summed E-state index contributed by atoms with van der Waals surface area (Å²) in [5.41, 5.74) is 0. The summed E-state index contributed by atoms with van der Waals surface area (Å²) < 4.78 is 0.958. The van der Waals surface area contributed by atoms with Gasteiger partial charge in [-0.1, -0.05) is 13.8 Å². The molecule has 1 aromatic heterocycles. The summed E-state index contributed by atoms with van der Waals surface area (Å²) in [5.74, 6) is 1.44. The fraction of sp³-hybridized carbons (Fsp3) is 0.700. The molecule has 0 spiro atoms. The number of aromatic nitrogens is 3. The minimum absolute atomic E-state index is 0.432. The maximum absolute atomic E-state index is 5.05. The van der Waals surface area contributed by atoms with Crippen LogP contribution in [-0.2, 0) is 0 Å². The number of nitrogens with zero attached hydrogens (tertiary/aromatic N) is 2. The van der Waals surface area contributed by atoms with Crippen molar-refractivity contribution < 1.29 is 0 Å². The molecule has 0 aliphatic heterocycles. The van der Waals surface area contributed by atoms with Gasteiger partial charge in [0.05, 0.1) is 0 Å². The van der Waals surface area contributed by atoms with E-state index < -0.39 is 0 Å². The third-order valence-corrected chi connectivity index (χ3v) is 2.71. The molecular formula is C10H18N4S2. The zero-order chi connectivity index (χ0) is 12.1. The minimum atomic E-state index is 0.432. The lowest BCUT2D eigenvalue weighted by molar-refractivity contribution is 0.571. The van der Waals surface area contributed by atoms with Gasteiger partial charge in [-0.05, 0) is 43.7 Å². The third-order valence-electron chi connectivity index (χ3n) is 2.31. The van der Waals surface area contributed by atoms with E-state index in [1.165, 1.54) is 0 Å². The number of nitrogens with one attached hydrogen (secondary N) is 2. The van der Waals surface area contributed by atoms with Crippen molar-refractivity contribution in [3.8, 4) is 0 Å². The first-order valence-corrected chi connectivity index (χ1v) is 6.30. The van der Waals surface area contributed by atoms with Crippen molar-refractivity contribution in [2.75, 3.05) is 18.0 Å². The van der Waals surface area contributed by atoms with E-state index in [-0.39, 0.29) is 0 Å². The highest BCUT2D eigenvalue weighted by atomic mass is 32.1. The van der Waals surface area contributed by atoms with Crippen LogP contribution in [0.4, 0.5) is 5.95 Å². The number of anilines is 1. The first-order chi connectivity index (χ1) is 7.52. The second-order valence-electron chi connectivity index (χ2n) is 4.08. The molecule has 0 unspecified atom stereocenters. The van der Waals surface area contributed by atoms with Crippen LogP contribution in [0.25, 0.3) is 0 Å². The lowest BCUT2D eigenvalue weighted by Crippen LogP contribution is -2.27. The Morgan fingerprint density at radius 2 is 2.00 bits per heavy atom. The van der Waals surface area contributed by atoms with E-state index in [0.29, 0.717) is 15.5 Å². The van der Waals surface area contributed by atoms with Gasteiger partial charge in [0, 0.05) is 13.1 Å². The highest BCUT2D eigenvalue weighted by molar-refractivity contribution is 7.71. The van der Waals surface area contributed by atoms with Gasteiger partial charge in [0.15, 0.2) is 4.77 Å². The van der Waals surface area contributed by atoms with Crippen LogP contribution in [0.5, 0.6) is 0 Å². The van der Waals surface area contributed by atoms with Gasteiger partial charge in [-0.2, -0.15) is 4.98 Å². The Morgan fingerprint density at radius 3 is 2.50 bits per heavy atom. The Balaban J connectivity index is 2.86. The van der Waals surface area contributed by atoms with Crippen LogP contribution >= 0.6 is 24.4 Å². The summed E-state index contributed by atoms with van der Waals surface area (Å²) in [7, 11) is 0. The van der Waals surface area contributed by atoms with Gasteiger partial charge in [-0.15, -0.1) is 0 Å². The fourth-order valence-corrected chi connectivity index (χ4v) is 1.80. The van der Waals surface area contributed by atoms with Gasteiger partial charge >= 0.3 is 0 Å². The molecular weight excluding hydrogens is 240 g/mol. The van der Waals surface area contributed by atoms with Crippen molar-refractivity contribution in [1.29, 1.82) is 0 Å². The van der Waals surface area contributed by atoms with Crippen molar-refractivity contribution in [3.05, 3.63) is 9.54 Å². The van der Waals surface area contributed by atoms with Gasteiger partial charge in [-0.3, -0.25) is 0 Å². The van der Waals surface area contributed by atoms with Crippen molar-refractivity contribution in [1.82, 2.24) is 15.0 Å². The van der Waals surface area contributed by atoms with Gasteiger partial charge in [0.25, 0.3) is 0 Å². The van der Waals surface area contributed by atoms with Crippen molar-refractivity contribution in [2.45, 2.75) is 27.2 Å². The standard InChI is InChI=1S/C10H18N4S2/c1-4-14(6-5-7(2)3)8-11-9(15)13-10(16)12-8/h7H,4-6H2,1-3H3,(H2,11,12,13,15,16). The number of hydrogen-bond acceptors (Lipinski definition) is 4. The van der Waals surface area contributed by atoms with Crippen LogP contribution < -0.4 is 4.90 Å². The number of rotatable bonds is 5. The molecule has 0 atom stereocenters. The molecule has 0 aliphatic rings. The Labute approximate surface area is 106 Å². The average molecular weight is 258 g/mol. The highest BCUT2D eigenvalue weighted by Crippen LogP contribution is 2.09. The van der Waals surface area contributed by atoms with Crippen LogP contribution in [0.1, 0.15) is 27.2 Å². The molecule has 6 heteroatoms. The molecule has 0 fully saturated rings. The molecule has 1 heterocycles. The second kappa shape index (κ2) is 6.10. The van der Waals surface area contributed by atoms with Crippen molar-refractivity contribution >= 4 is 30.4 Å². The summed E-state index contributed by atoms with van der Waals surface area (Å²) in [6.45, 7) is 8.37. The summed E-state index contributed by atoms with van der Waals surface area (Å²) in [5, 5.41) is 0. The maximum Gasteiger partial charge on any atom is 0.207 e. The quantitative estimate of drug-likeness (QED) is 0.797. The smallest absolute Gasteiger partial charge is 0.207 e. The summed E-state index contributed by atoms with van der Waals surface area (Å²) >= 11 is 10.1. The molecule has 0 saturated carbocycles. The number of H-pyrrole nitrogens is 2. The van der Waals surface area contributed by atoms with Crippen molar-refractivity contribution in [2.24, 2.45) is 5.92 Å². The Kier molecular flexibility index (Phi) is 5.08. The van der Waals surface area contributed by atoms with E-state index in [9.17, 15) is 0 Å². The zero-order valence-corrected chi connectivity index (χ0v) is 11.5. The van der Waals surface area contributed by atoms with E-state index in [1.54, 1.807) is 0 Å². The van der Waals surface area contributed by atoms with Gasteiger partial charge in [0.2, 0.25) is 10.7 Å². The van der Waals surface area contributed by atoms with E-state index >= 15 is 0 Å². The Morgan fingerprint density at radius 1 is 1.31 bits per heavy atom. The molecule has 4 nitrogen and oxygen atoms in total. The lowest BCUT2D eigenvalue weighted by atomic mass is 10.1. The lowest BCUT2D eigenvalue weighted by Gasteiger charge is -2.21. The average Bonchev–Trinajstić information content (AvgIpc) is 2.16. The first kappa shape index (κ1) is 13.3. The number of aromatic amines is 2.